The average molecular weight is 154 g/mol. The molecule has 1 spiro atoms. The van der Waals surface area contributed by atoms with E-state index in [1.165, 1.54) is 12.8 Å². The van der Waals surface area contributed by atoms with Gasteiger partial charge < -0.3 is 5.11 Å². The molecular weight excluding hydrogens is 138 g/mol. The number of aliphatic hydroxyl groups is 1. The Balaban J connectivity index is 1.91. The molecule has 0 aromatic carbocycles. The van der Waals surface area contributed by atoms with Crippen LogP contribution in [0, 0.1) is 12.0 Å². The standard InChI is InChI=1S/C9H16NO/c1-2-5-10-6-8(11)9(7-10)3-4-9/h5,8,11H,2-4,6-7H2,1H3. The van der Waals surface area contributed by atoms with E-state index in [1.807, 2.05) is 0 Å². The van der Waals surface area contributed by atoms with Gasteiger partial charge in [0.05, 0.1) is 6.10 Å². The van der Waals surface area contributed by atoms with Gasteiger partial charge in [-0.15, -0.1) is 0 Å². The highest BCUT2D eigenvalue weighted by Gasteiger charge is 2.54. The smallest absolute Gasteiger partial charge is 0.0735 e. The topological polar surface area (TPSA) is 23.5 Å². The molecule has 1 atom stereocenters. The summed E-state index contributed by atoms with van der Waals surface area (Å²) in [5.74, 6) is 0. The van der Waals surface area contributed by atoms with Gasteiger partial charge in [0.25, 0.3) is 0 Å². The van der Waals surface area contributed by atoms with Crippen molar-refractivity contribution in [2.24, 2.45) is 5.41 Å². The first kappa shape index (κ1) is 7.56. The number of nitrogens with zero attached hydrogens (tertiary/aromatic N) is 1. The summed E-state index contributed by atoms with van der Waals surface area (Å²) in [6.45, 7) is 6.32. The molecule has 2 heteroatoms. The lowest BCUT2D eigenvalue weighted by Gasteiger charge is -2.11. The van der Waals surface area contributed by atoms with E-state index in [9.17, 15) is 5.11 Å². The van der Waals surface area contributed by atoms with Gasteiger partial charge in [-0.2, -0.15) is 0 Å². The van der Waals surface area contributed by atoms with E-state index in [0.29, 0.717) is 5.41 Å². The fourth-order valence-corrected chi connectivity index (χ4v) is 2.04. The van der Waals surface area contributed by atoms with Crippen molar-refractivity contribution < 1.29 is 5.11 Å². The van der Waals surface area contributed by atoms with Gasteiger partial charge in [0.1, 0.15) is 0 Å². The number of hydrogen-bond donors (Lipinski definition) is 1. The third-order valence-electron chi connectivity index (χ3n) is 2.97. The largest absolute Gasteiger partial charge is 0.391 e. The zero-order valence-corrected chi connectivity index (χ0v) is 7.08. The van der Waals surface area contributed by atoms with Crippen LogP contribution in [0.3, 0.4) is 0 Å². The SMILES string of the molecule is CC[CH]N1CC(O)C2(CC2)C1. The number of likely N-dealkylation sites (tertiary alicyclic amines) is 1. The van der Waals surface area contributed by atoms with Crippen molar-refractivity contribution in [3.8, 4) is 0 Å². The van der Waals surface area contributed by atoms with Crippen LogP contribution in [0.2, 0.25) is 0 Å². The number of β-amino-alcohol motifs (C(OH)–C–C–N with tert-alkyl or cyclic N) is 1. The maximum absolute atomic E-state index is 9.65. The van der Waals surface area contributed by atoms with Crippen molar-refractivity contribution in [3.05, 3.63) is 6.54 Å². The van der Waals surface area contributed by atoms with Crippen LogP contribution in [0.25, 0.3) is 0 Å². The minimum Gasteiger partial charge on any atom is -0.391 e. The fraction of sp³-hybridized carbons (Fsp3) is 0.889. The molecule has 63 valence electrons. The molecule has 0 amide bonds. The van der Waals surface area contributed by atoms with Gasteiger partial charge in [0, 0.05) is 25.0 Å². The molecule has 2 nitrogen and oxygen atoms in total. The van der Waals surface area contributed by atoms with Gasteiger partial charge in [-0.3, -0.25) is 4.90 Å². The second-order valence-corrected chi connectivity index (χ2v) is 3.90. The van der Waals surface area contributed by atoms with Gasteiger partial charge in [0.15, 0.2) is 0 Å². The van der Waals surface area contributed by atoms with Crippen LogP contribution < -0.4 is 0 Å². The predicted octanol–water partition coefficient (Wildman–Crippen LogP) is 1.01. The van der Waals surface area contributed by atoms with Crippen LogP contribution in [0.15, 0.2) is 0 Å². The molecule has 2 rings (SSSR count). The highest BCUT2D eigenvalue weighted by atomic mass is 16.3. The molecule has 1 N–H and O–H groups in total. The number of hydrogen-bond acceptors (Lipinski definition) is 2. The third-order valence-corrected chi connectivity index (χ3v) is 2.97. The Hall–Kier alpha value is -0.0800. The molecule has 1 saturated heterocycles. The minimum absolute atomic E-state index is 0.0506. The van der Waals surface area contributed by atoms with Crippen molar-refractivity contribution in [3.63, 3.8) is 0 Å². The Morgan fingerprint density at radius 3 is 2.82 bits per heavy atom. The summed E-state index contributed by atoms with van der Waals surface area (Å²) in [6.07, 6.45) is 3.51. The van der Waals surface area contributed by atoms with Crippen molar-refractivity contribution >= 4 is 0 Å². The third kappa shape index (κ3) is 1.18. The average Bonchev–Trinajstić information content (AvgIpc) is 2.63. The Morgan fingerprint density at radius 2 is 2.36 bits per heavy atom. The molecule has 1 aliphatic heterocycles. The Kier molecular flexibility index (Phi) is 1.69. The van der Waals surface area contributed by atoms with Crippen LogP contribution in [0.5, 0.6) is 0 Å². The Labute approximate surface area is 68.2 Å². The molecule has 11 heavy (non-hydrogen) atoms. The quantitative estimate of drug-likeness (QED) is 0.641. The van der Waals surface area contributed by atoms with E-state index in [0.717, 1.165) is 19.5 Å². The molecule has 2 aliphatic rings. The van der Waals surface area contributed by atoms with E-state index in [4.69, 9.17) is 0 Å². The van der Waals surface area contributed by atoms with Crippen molar-refractivity contribution in [2.75, 3.05) is 13.1 Å². The first-order valence-corrected chi connectivity index (χ1v) is 4.52. The number of aliphatic hydroxyl groups excluding tert-OH is 1. The predicted molar refractivity (Wildman–Crippen MR) is 43.8 cm³/mol. The fourth-order valence-electron chi connectivity index (χ4n) is 2.04. The summed E-state index contributed by atoms with van der Waals surface area (Å²) in [6, 6.07) is 0. The lowest BCUT2D eigenvalue weighted by atomic mass is 10.0. The summed E-state index contributed by atoms with van der Waals surface area (Å²) < 4.78 is 0. The summed E-state index contributed by atoms with van der Waals surface area (Å²) in [7, 11) is 0. The van der Waals surface area contributed by atoms with Gasteiger partial charge in [-0.1, -0.05) is 6.92 Å². The van der Waals surface area contributed by atoms with Crippen molar-refractivity contribution in [1.29, 1.82) is 0 Å². The number of rotatable bonds is 2. The molecule has 2 fully saturated rings. The van der Waals surface area contributed by atoms with E-state index < -0.39 is 0 Å². The normalized spacial score (nSPS) is 34.9. The second-order valence-electron chi connectivity index (χ2n) is 3.90. The molecular formula is C9H16NO. The molecule has 1 heterocycles. The van der Waals surface area contributed by atoms with E-state index in [-0.39, 0.29) is 6.10 Å². The van der Waals surface area contributed by atoms with Crippen LogP contribution in [-0.4, -0.2) is 29.2 Å². The molecule has 1 unspecified atom stereocenters. The summed E-state index contributed by atoms with van der Waals surface area (Å²) in [5.41, 5.74) is 0.325. The molecule has 1 aliphatic carbocycles. The molecule has 0 bridgehead atoms. The lowest BCUT2D eigenvalue weighted by Crippen LogP contribution is -2.19. The van der Waals surface area contributed by atoms with Gasteiger partial charge in [0.2, 0.25) is 0 Å². The van der Waals surface area contributed by atoms with E-state index >= 15 is 0 Å². The summed E-state index contributed by atoms with van der Waals surface area (Å²) in [4.78, 5) is 2.28. The molecule has 1 saturated carbocycles. The molecule has 0 aromatic heterocycles. The lowest BCUT2D eigenvalue weighted by molar-refractivity contribution is 0.132. The zero-order chi connectivity index (χ0) is 7.90. The van der Waals surface area contributed by atoms with E-state index in [1.54, 1.807) is 0 Å². The highest BCUT2D eigenvalue weighted by Crippen LogP contribution is 2.52. The van der Waals surface area contributed by atoms with Gasteiger partial charge in [-0.05, 0) is 19.3 Å². The Bertz CT molecular complexity index is 154. The molecule has 0 aromatic rings. The first-order valence-electron chi connectivity index (χ1n) is 4.52. The second kappa shape index (κ2) is 2.46. The summed E-state index contributed by atoms with van der Waals surface area (Å²) >= 11 is 0. The maximum atomic E-state index is 9.65. The first-order chi connectivity index (χ1) is 5.27. The van der Waals surface area contributed by atoms with Gasteiger partial charge >= 0.3 is 0 Å². The Morgan fingerprint density at radius 1 is 1.64 bits per heavy atom. The zero-order valence-electron chi connectivity index (χ0n) is 7.08. The minimum atomic E-state index is -0.0506. The van der Waals surface area contributed by atoms with Gasteiger partial charge in [-0.25, -0.2) is 0 Å². The maximum Gasteiger partial charge on any atom is 0.0735 e. The van der Waals surface area contributed by atoms with Crippen molar-refractivity contribution in [1.82, 2.24) is 4.90 Å². The van der Waals surface area contributed by atoms with Crippen molar-refractivity contribution in [2.45, 2.75) is 32.3 Å². The monoisotopic (exact) mass is 154 g/mol. The molecule has 1 radical (unpaired) electrons. The van der Waals surface area contributed by atoms with Crippen LogP contribution in [-0.2, 0) is 0 Å². The van der Waals surface area contributed by atoms with Crippen LogP contribution in [0.4, 0.5) is 0 Å². The van der Waals surface area contributed by atoms with E-state index in [2.05, 4.69) is 18.4 Å². The van der Waals surface area contributed by atoms with Crippen LogP contribution in [0.1, 0.15) is 26.2 Å². The highest BCUT2D eigenvalue weighted by molar-refractivity contribution is 5.07. The van der Waals surface area contributed by atoms with Crippen LogP contribution >= 0.6 is 0 Å². The summed E-state index contributed by atoms with van der Waals surface area (Å²) in [5, 5.41) is 9.65.